The second kappa shape index (κ2) is 5.86. The summed E-state index contributed by atoms with van der Waals surface area (Å²) in [5.41, 5.74) is -0.613. The third-order valence-corrected chi connectivity index (χ3v) is 4.11. The molecule has 0 unspecified atom stereocenters. The van der Waals surface area contributed by atoms with E-state index in [1.165, 1.54) is 6.07 Å². The average molecular weight is 289 g/mol. The summed E-state index contributed by atoms with van der Waals surface area (Å²) in [6.07, 6.45) is -3.28. The largest absolute Gasteiger partial charge is 0.417 e. The van der Waals surface area contributed by atoms with Crippen molar-refractivity contribution in [1.29, 1.82) is 0 Å². The number of halogens is 3. The molecule has 6 heteroatoms. The van der Waals surface area contributed by atoms with Gasteiger partial charge in [0.1, 0.15) is 0 Å². The number of hydrogen-bond acceptors (Lipinski definition) is 3. The Morgan fingerprint density at radius 3 is 2.68 bits per heavy atom. The number of rotatable bonds is 2. The Labute approximate surface area is 114 Å². The minimum Gasteiger partial charge on any atom is -0.371 e. The van der Waals surface area contributed by atoms with Gasteiger partial charge in [0, 0.05) is 30.1 Å². The van der Waals surface area contributed by atoms with Crippen LogP contribution in [0.15, 0.2) is 18.2 Å². The average Bonchev–Trinajstić information content (AvgIpc) is 2.66. The number of hydrogen-bond donors (Lipinski definition) is 0. The number of anilines is 1. The van der Waals surface area contributed by atoms with Gasteiger partial charge >= 0.3 is 6.18 Å². The minimum absolute atomic E-state index is 0.255. The van der Waals surface area contributed by atoms with Crippen molar-refractivity contribution >= 4 is 23.7 Å². The lowest BCUT2D eigenvalue weighted by Gasteiger charge is -2.23. The second-order valence-corrected chi connectivity index (χ2v) is 5.56. The van der Waals surface area contributed by atoms with Crippen molar-refractivity contribution in [1.82, 2.24) is 0 Å². The standard InChI is InChI=1S/C13H14F3NOS/c14-13(15,16)12-8-11(3-2-10(12)9-18)17-4-1-6-19-7-5-17/h2-3,8-9H,1,4-7H2. The molecule has 0 amide bonds. The Kier molecular flexibility index (Phi) is 4.39. The van der Waals surface area contributed by atoms with Gasteiger partial charge in [0.2, 0.25) is 0 Å². The predicted octanol–water partition coefficient (Wildman–Crippen LogP) is 3.46. The summed E-state index contributed by atoms with van der Waals surface area (Å²) in [5.74, 6) is 1.95. The molecule has 0 saturated carbocycles. The maximum atomic E-state index is 12.9. The van der Waals surface area contributed by atoms with E-state index in [4.69, 9.17) is 0 Å². The summed E-state index contributed by atoms with van der Waals surface area (Å²) in [5, 5.41) is 0. The van der Waals surface area contributed by atoms with E-state index in [1.54, 1.807) is 6.07 Å². The first-order chi connectivity index (χ1) is 9.02. The van der Waals surface area contributed by atoms with Crippen LogP contribution < -0.4 is 4.90 Å². The van der Waals surface area contributed by atoms with E-state index in [0.29, 0.717) is 5.69 Å². The summed E-state index contributed by atoms with van der Waals surface area (Å²) in [7, 11) is 0. The second-order valence-electron chi connectivity index (χ2n) is 4.34. The van der Waals surface area contributed by atoms with Crippen molar-refractivity contribution < 1.29 is 18.0 Å². The number of benzene rings is 1. The molecule has 0 N–H and O–H groups in total. The van der Waals surface area contributed by atoms with Crippen molar-refractivity contribution in [3.63, 3.8) is 0 Å². The van der Waals surface area contributed by atoms with Crippen LogP contribution in [0.2, 0.25) is 0 Å². The molecule has 0 atom stereocenters. The van der Waals surface area contributed by atoms with E-state index >= 15 is 0 Å². The highest BCUT2D eigenvalue weighted by Crippen LogP contribution is 2.34. The Bertz CT molecular complexity index is 454. The molecule has 2 rings (SSSR count). The van der Waals surface area contributed by atoms with E-state index in [2.05, 4.69) is 0 Å². The Morgan fingerprint density at radius 2 is 2.00 bits per heavy atom. The zero-order chi connectivity index (χ0) is 13.9. The molecular weight excluding hydrogens is 275 g/mol. The SMILES string of the molecule is O=Cc1ccc(N2CCCSCC2)cc1C(F)(F)F. The molecule has 19 heavy (non-hydrogen) atoms. The molecule has 0 radical (unpaired) electrons. The fourth-order valence-corrected chi connectivity index (χ4v) is 2.98. The zero-order valence-electron chi connectivity index (χ0n) is 10.2. The van der Waals surface area contributed by atoms with Crippen molar-refractivity contribution in [3.8, 4) is 0 Å². The summed E-state index contributed by atoms with van der Waals surface area (Å²) in [4.78, 5) is 12.6. The number of aldehydes is 1. The number of carbonyl (C=O) groups excluding carboxylic acids is 1. The molecule has 0 aromatic heterocycles. The maximum absolute atomic E-state index is 12.9. The lowest BCUT2D eigenvalue weighted by Crippen LogP contribution is -2.26. The van der Waals surface area contributed by atoms with E-state index < -0.39 is 11.7 Å². The van der Waals surface area contributed by atoms with Crippen molar-refractivity contribution in [3.05, 3.63) is 29.3 Å². The molecular formula is C13H14F3NOS. The van der Waals surface area contributed by atoms with Crippen LogP contribution in [0.5, 0.6) is 0 Å². The monoisotopic (exact) mass is 289 g/mol. The highest BCUT2D eigenvalue weighted by Gasteiger charge is 2.34. The third-order valence-electron chi connectivity index (χ3n) is 3.06. The van der Waals surface area contributed by atoms with Crippen LogP contribution in [0, 0.1) is 0 Å². The van der Waals surface area contributed by atoms with Gasteiger partial charge in [0.05, 0.1) is 5.56 Å². The van der Waals surface area contributed by atoms with Crippen LogP contribution in [0.3, 0.4) is 0 Å². The predicted molar refractivity (Wildman–Crippen MR) is 71.0 cm³/mol. The van der Waals surface area contributed by atoms with Gasteiger partial charge < -0.3 is 4.90 Å². The fourth-order valence-electron chi connectivity index (χ4n) is 2.09. The molecule has 0 bridgehead atoms. The van der Waals surface area contributed by atoms with Crippen LogP contribution in [0.1, 0.15) is 22.3 Å². The summed E-state index contributed by atoms with van der Waals surface area (Å²) in [6.45, 7) is 1.49. The normalized spacial score (nSPS) is 17.1. The van der Waals surface area contributed by atoms with Gasteiger partial charge in [-0.2, -0.15) is 24.9 Å². The minimum atomic E-state index is -4.49. The van der Waals surface area contributed by atoms with Crippen molar-refractivity contribution in [2.45, 2.75) is 12.6 Å². The molecule has 1 aromatic rings. The molecule has 0 spiro atoms. The summed E-state index contributed by atoms with van der Waals surface area (Å²) in [6, 6.07) is 3.93. The van der Waals surface area contributed by atoms with Crippen LogP contribution in [-0.2, 0) is 6.18 Å². The molecule has 0 aliphatic carbocycles. The molecule has 1 saturated heterocycles. The summed E-state index contributed by atoms with van der Waals surface area (Å²) >= 11 is 1.81. The Morgan fingerprint density at radius 1 is 1.21 bits per heavy atom. The molecule has 1 fully saturated rings. The van der Waals surface area contributed by atoms with E-state index in [0.717, 1.165) is 37.1 Å². The first-order valence-corrected chi connectivity index (χ1v) is 7.17. The number of nitrogens with zero attached hydrogens (tertiary/aromatic N) is 1. The first-order valence-electron chi connectivity index (χ1n) is 6.01. The number of thioether (sulfide) groups is 1. The van der Waals surface area contributed by atoms with Gasteiger partial charge in [0.15, 0.2) is 6.29 Å². The number of alkyl halides is 3. The van der Waals surface area contributed by atoms with Crippen LogP contribution in [0.25, 0.3) is 0 Å². The molecule has 2 nitrogen and oxygen atoms in total. The highest BCUT2D eigenvalue weighted by atomic mass is 32.2. The topological polar surface area (TPSA) is 20.3 Å². The molecule has 104 valence electrons. The molecule has 1 aliphatic rings. The van der Waals surface area contributed by atoms with Gasteiger partial charge in [-0.15, -0.1) is 0 Å². The van der Waals surface area contributed by atoms with Gasteiger partial charge in [-0.1, -0.05) is 0 Å². The van der Waals surface area contributed by atoms with E-state index in [-0.39, 0.29) is 11.8 Å². The molecule has 1 aliphatic heterocycles. The highest BCUT2D eigenvalue weighted by molar-refractivity contribution is 7.99. The van der Waals surface area contributed by atoms with Crippen LogP contribution in [-0.4, -0.2) is 30.9 Å². The van der Waals surface area contributed by atoms with Crippen molar-refractivity contribution in [2.75, 3.05) is 29.5 Å². The van der Waals surface area contributed by atoms with Gasteiger partial charge in [0.25, 0.3) is 0 Å². The van der Waals surface area contributed by atoms with Gasteiger partial charge in [-0.05, 0) is 30.4 Å². The maximum Gasteiger partial charge on any atom is 0.417 e. The van der Waals surface area contributed by atoms with E-state index in [9.17, 15) is 18.0 Å². The Balaban J connectivity index is 2.34. The van der Waals surface area contributed by atoms with Gasteiger partial charge in [-0.3, -0.25) is 4.79 Å². The smallest absolute Gasteiger partial charge is 0.371 e. The van der Waals surface area contributed by atoms with Crippen LogP contribution >= 0.6 is 11.8 Å². The zero-order valence-corrected chi connectivity index (χ0v) is 11.1. The lowest BCUT2D eigenvalue weighted by molar-refractivity contribution is -0.137. The fraction of sp³-hybridized carbons (Fsp3) is 0.462. The third kappa shape index (κ3) is 3.43. The van der Waals surface area contributed by atoms with Crippen LogP contribution in [0.4, 0.5) is 18.9 Å². The first kappa shape index (κ1) is 14.2. The summed E-state index contributed by atoms with van der Waals surface area (Å²) < 4.78 is 38.6. The van der Waals surface area contributed by atoms with Crippen molar-refractivity contribution in [2.24, 2.45) is 0 Å². The van der Waals surface area contributed by atoms with Gasteiger partial charge in [-0.25, -0.2) is 0 Å². The lowest BCUT2D eigenvalue weighted by atomic mass is 10.1. The Hall–Kier alpha value is -1.17. The molecule has 1 heterocycles. The quantitative estimate of drug-likeness (QED) is 0.778. The number of carbonyl (C=O) groups is 1. The molecule has 1 aromatic carbocycles. The van der Waals surface area contributed by atoms with E-state index in [1.807, 2.05) is 16.7 Å².